The highest BCUT2D eigenvalue weighted by atomic mass is 16.2. The van der Waals surface area contributed by atoms with Gasteiger partial charge in [0.1, 0.15) is 12.1 Å². The monoisotopic (exact) mass is 243 g/mol. The molecule has 5 nitrogen and oxygen atoms in total. The Bertz CT molecular complexity index is 508. The lowest BCUT2D eigenvalue weighted by molar-refractivity contribution is -0.107. The highest BCUT2D eigenvalue weighted by Gasteiger charge is 2.17. The third-order valence-electron chi connectivity index (χ3n) is 2.38. The van der Waals surface area contributed by atoms with Gasteiger partial charge in [0.05, 0.1) is 12.2 Å². The van der Waals surface area contributed by atoms with Gasteiger partial charge in [0.15, 0.2) is 0 Å². The topological polar surface area (TPSA) is 65.2 Å². The predicted octanol–water partition coefficient (Wildman–Crippen LogP) is 2.06. The summed E-state index contributed by atoms with van der Waals surface area (Å²) < 4.78 is 0. The van der Waals surface area contributed by atoms with Crippen LogP contribution in [0.3, 0.4) is 0 Å². The van der Waals surface area contributed by atoms with E-state index >= 15 is 0 Å². The van der Waals surface area contributed by atoms with Crippen LogP contribution in [0.4, 0.5) is 16.3 Å². The molecule has 0 aliphatic heterocycles. The number of rotatable bonds is 4. The molecule has 0 aliphatic carbocycles. The van der Waals surface area contributed by atoms with Gasteiger partial charge in [-0.15, -0.1) is 0 Å². The molecule has 18 heavy (non-hydrogen) atoms. The number of H-pyrrole nitrogens is 1. The molecule has 0 aliphatic rings. The normalized spacial score (nSPS) is 9.78. The summed E-state index contributed by atoms with van der Waals surface area (Å²) in [6, 6.07) is 12.4. The van der Waals surface area contributed by atoms with Gasteiger partial charge >= 0.3 is 6.03 Å². The number of amides is 2. The molecule has 0 saturated heterocycles. The molecular weight excluding hydrogens is 230 g/mol. The van der Waals surface area contributed by atoms with E-state index in [2.05, 4.69) is 10.3 Å². The van der Waals surface area contributed by atoms with Crippen LogP contribution in [0.5, 0.6) is 0 Å². The fourth-order valence-electron chi connectivity index (χ4n) is 1.61. The number of carbonyl (C=O) groups excluding carboxylic acids is 2. The van der Waals surface area contributed by atoms with Crippen molar-refractivity contribution < 1.29 is 9.59 Å². The molecular formula is C13H13N3O2. The molecule has 0 atom stereocenters. The van der Waals surface area contributed by atoms with Crippen molar-refractivity contribution in [3.05, 3.63) is 48.7 Å². The van der Waals surface area contributed by atoms with Crippen LogP contribution < -0.4 is 10.2 Å². The van der Waals surface area contributed by atoms with Crippen molar-refractivity contribution in [2.24, 2.45) is 0 Å². The van der Waals surface area contributed by atoms with E-state index in [1.54, 1.807) is 18.3 Å². The molecule has 0 saturated carbocycles. The van der Waals surface area contributed by atoms with E-state index in [9.17, 15) is 9.59 Å². The second kappa shape index (κ2) is 5.67. The summed E-state index contributed by atoms with van der Waals surface area (Å²) in [6.45, 7) is -0.0110. The van der Waals surface area contributed by atoms with Gasteiger partial charge in [0.25, 0.3) is 0 Å². The van der Waals surface area contributed by atoms with Crippen molar-refractivity contribution in [1.82, 2.24) is 10.3 Å². The fourth-order valence-corrected chi connectivity index (χ4v) is 1.61. The number of hydrogen-bond acceptors (Lipinski definition) is 2. The second-order valence-corrected chi connectivity index (χ2v) is 3.58. The number of carbonyl (C=O) groups is 2. The van der Waals surface area contributed by atoms with E-state index in [0.717, 1.165) is 5.69 Å². The van der Waals surface area contributed by atoms with Gasteiger partial charge in [0.2, 0.25) is 0 Å². The zero-order valence-corrected chi connectivity index (χ0v) is 9.67. The highest BCUT2D eigenvalue weighted by molar-refractivity contribution is 5.99. The number of anilines is 2. The molecule has 2 amide bonds. The maximum atomic E-state index is 12.0. The number of urea groups is 1. The van der Waals surface area contributed by atoms with E-state index in [4.69, 9.17) is 0 Å². The summed E-state index contributed by atoms with van der Waals surface area (Å²) in [5.74, 6) is 0.643. The Morgan fingerprint density at radius 3 is 2.61 bits per heavy atom. The number of aldehydes is 1. The first-order chi connectivity index (χ1) is 8.83. The molecule has 1 aromatic carbocycles. The molecule has 0 bridgehead atoms. The van der Waals surface area contributed by atoms with Crippen molar-refractivity contribution in [3.8, 4) is 0 Å². The quantitative estimate of drug-likeness (QED) is 0.807. The van der Waals surface area contributed by atoms with E-state index in [-0.39, 0.29) is 12.6 Å². The average molecular weight is 243 g/mol. The van der Waals surface area contributed by atoms with Gasteiger partial charge in [-0.05, 0) is 24.3 Å². The Hall–Kier alpha value is -2.56. The van der Waals surface area contributed by atoms with Crippen LogP contribution in [0.15, 0.2) is 48.7 Å². The Balaban J connectivity index is 2.29. The Morgan fingerprint density at radius 2 is 2.00 bits per heavy atom. The second-order valence-electron chi connectivity index (χ2n) is 3.58. The third kappa shape index (κ3) is 2.57. The minimum absolute atomic E-state index is 0.0110. The number of nitrogens with one attached hydrogen (secondary N) is 2. The van der Waals surface area contributed by atoms with Crippen molar-refractivity contribution in [3.63, 3.8) is 0 Å². The molecule has 0 radical (unpaired) electrons. The third-order valence-corrected chi connectivity index (χ3v) is 2.38. The molecule has 0 spiro atoms. The summed E-state index contributed by atoms with van der Waals surface area (Å²) in [5, 5.41) is 2.52. The van der Waals surface area contributed by atoms with Crippen LogP contribution in [-0.4, -0.2) is 23.8 Å². The number of aromatic nitrogens is 1. The maximum absolute atomic E-state index is 12.0. The van der Waals surface area contributed by atoms with E-state index in [1.807, 2.05) is 30.3 Å². The summed E-state index contributed by atoms with van der Waals surface area (Å²) in [5.41, 5.74) is 0.725. The molecule has 0 fully saturated rings. The Kier molecular flexibility index (Phi) is 3.76. The van der Waals surface area contributed by atoms with Gasteiger partial charge in [-0.3, -0.25) is 0 Å². The Morgan fingerprint density at radius 1 is 1.22 bits per heavy atom. The van der Waals surface area contributed by atoms with Gasteiger partial charge in [-0.1, -0.05) is 18.2 Å². The number of para-hydroxylation sites is 1. The SMILES string of the molecule is O=CCNC(=O)N(c1ccccc1)c1ccc[nH]1. The number of benzene rings is 1. The molecule has 1 aromatic heterocycles. The maximum Gasteiger partial charge on any atom is 0.328 e. The molecule has 92 valence electrons. The van der Waals surface area contributed by atoms with Crippen molar-refractivity contribution >= 4 is 23.8 Å². The van der Waals surface area contributed by atoms with E-state index < -0.39 is 0 Å². The van der Waals surface area contributed by atoms with Gasteiger partial charge in [-0.25, -0.2) is 9.69 Å². The number of aromatic amines is 1. The van der Waals surface area contributed by atoms with Gasteiger partial charge < -0.3 is 15.1 Å². The van der Waals surface area contributed by atoms with E-state index in [0.29, 0.717) is 12.1 Å². The predicted molar refractivity (Wildman–Crippen MR) is 68.8 cm³/mol. The Labute approximate surface area is 104 Å². The summed E-state index contributed by atoms with van der Waals surface area (Å²) in [6.07, 6.45) is 2.38. The van der Waals surface area contributed by atoms with E-state index in [1.165, 1.54) is 4.90 Å². The molecule has 1 heterocycles. The first-order valence-corrected chi connectivity index (χ1v) is 5.53. The van der Waals surface area contributed by atoms with Crippen LogP contribution in [0.25, 0.3) is 0 Å². The lowest BCUT2D eigenvalue weighted by Gasteiger charge is -2.21. The lowest BCUT2D eigenvalue weighted by atomic mass is 10.3. The van der Waals surface area contributed by atoms with Crippen molar-refractivity contribution in [1.29, 1.82) is 0 Å². The highest BCUT2D eigenvalue weighted by Crippen LogP contribution is 2.23. The number of nitrogens with zero attached hydrogens (tertiary/aromatic N) is 1. The van der Waals surface area contributed by atoms with Crippen LogP contribution in [0.1, 0.15) is 0 Å². The molecule has 2 N–H and O–H groups in total. The van der Waals surface area contributed by atoms with Crippen LogP contribution >= 0.6 is 0 Å². The van der Waals surface area contributed by atoms with Crippen LogP contribution in [0, 0.1) is 0 Å². The first-order valence-electron chi connectivity index (χ1n) is 5.53. The zero-order valence-electron chi connectivity index (χ0n) is 9.67. The zero-order chi connectivity index (χ0) is 12.8. The minimum atomic E-state index is -0.351. The van der Waals surface area contributed by atoms with Crippen molar-refractivity contribution in [2.45, 2.75) is 0 Å². The molecule has 0 unspecified atom stereocenters. The standard InChI is InChI=1S/C13H13N3O2/c17-10-9-15-13(18)16(12-7-4-8-14-12)11-5-2-1-3-6-11/h1-8,10,14H,9H2,(H,15,18). The van der Waals surface area contributed by atoms with Crippen molar-refractivity contribution in [2.75, 3.05) is 11.4 Å². The largest absolute Gasteiger partial charge is 0.348 e. The number of hydrogen-bond donors (Lipinski definition) is 2. The first kappa shape index (κ1) is 11.9. The summed E-state index contributed by atoms with van der Waals surface area (Å²) in [4.78, 5) is 26.8. The molecule has 5 heteroatoms. The van der Waals surface area contributed by atoms with Crippen LogP contribution in [0.2, 0.25) is 0 Å². The smallest absolute Gasteiger partial charge is 0.328 e. The average Bonchev–Trinajstić information content (AvgIpc) is 2.92. The lowest BCUT2D eigenvalue weighted by Crippen LogP contribution is -2.37. The van der Waals surface area contributed by atoms with Gasteiger partial charge in [-0.2, -0.15) is 0 Å². The van der Waals surface area contributed by atoms with Gasteiger partial charge in [0, 0.05) is 6.20 Å². The summed E-state index contributed by atoms with van der Waals surface area (Å²) in [7, 11) is 0. The molecule has 2 aromatic rings. The van der Waals surface area contributed by atoms with Crippen LogP contribution in [-0.2, 0) is 4.79 Å². The molecule has 2 rings (SSSR count). The fraction of sp³-hybridized carbons (Fsp3) is 0.0769. The summed E-state index contributed by atoms with van der Waals surface area (Å²) >= 11 is 0. The minimum Gasteiger partial charge on any atom is -0.348 e.